The second kappa shape index (κ2) is 18.9. The number of amides is 3. The number of aromatic nitrogens is 3. The minimum absolute atomic E-state index is 0.0262. The largest absolute Gasteiger partial charge is 0.464 e. The number of carbonyl (C=O) groups excluding carboxylic acids is 4. The number of likely N-dealkylation sites (N-methyl/N-ethyl adjacent to an activating group) is 1. The van der Waals surface area contributed by atoms with Gasteiger partial charge in [-0.2, -0.15) is 13.2 Å². The number of fused-ring (bicyclic) bond motifs is 6. The van der Waals surface area contributed by atoms with E-state index in [1.165, 1.54) is 20.9 Å². The number of hydrazine groups is 1. The highest BCUT2D eigenvalue weighted by Crippen LogP contribution is 2.45. The lowest BCUT2D eigenvalue weighted by Gasteiger charge is -2.37. The summed E-state index contributed by atoms with van der Waals surface area (Å²) < 4.78 is 51.4. The van der Waals surface area contributed by atoms with Crippen molar-refractivity contribution in [3.05, 3.63) is 58.2 Å². The number of nitrogens with zero attached hydrogens (tertiary/aromatic N) is 7. The maximum Gasteiger partial charge on any atom is 0.406 e. The molecule has 10 rings (SSSR count). The topological polar surface area (TPSA) is 145 Å². The molecule has 1 unspecified atom stereocenters. The molecular formula is C52H66F3N9O5S. The van der Waals surface area contributed by atoms with Gasteiger partial charge in [0.25, 0.3) is 5.91 Å². The van der Waals surface area contributed by atoms with Gasteiger partial charge in [-0.1, -0.05) is 46.6 Å². The Bertz CT molecular complexity index is 2660. The Hall–Kier alpha value is -4.91. The number of rotatable bonds is 8. The number of hydrogen-bond acceptors (Lipinski definition) is 11. The van der Waals surface area contributed by atoms with Gasteiger partial charge in [0.2, 0.25) is 11.8 Å². The number of esters is 1. The molecule has 0 radical (unpaired) electrons. The summed E-state index contributed by atoms with van der Waals surface area (Å²) >= 11 is 1.36. The monoisotopic (exact) mass is 985 g/mol. The van der Waals surface area contributed by atoms with Crippen molar-refractivity contribution in [3.63, 3.8) is 0 Å². The molecule has 8 heterocycles. The van der Waals surface area contributed by atoms with Crippen LogP contribution in [0.4, 0.5) is 13.2 Å². The lowest BCUT2D eigenvalue weighted by Crippen LogP contribution is -2.62. The van der Waals surface area contributed by atoms with Crippen LogP contribution in [0.5, 0.6) is 0 Å². The van der Waals surface area contributed by atoms with E-state index in [-0.39, 0.29) is 60.5 Å². The summed E-state index contributed by atoms with van der Waals surface area (Å²) in [5.41, 5.74) is 6.46. The number of ether oxygens (including phenoxy) is 1. The first-order valence-corrected chi connectivity index (χ1v) is 26.1. The van der Waals surface area contributed by atoms with Crippen LogP contribution in [0.3, 0.4) is 0 Å². The highest BCUT2D eigenvalue weighted by atomic mass is 32.1. The van der Waals surface area contributed by atoms with E-state index in [1.54, 1.807) is 24.4 Å². The number of cyclic esters (lactones) is 1. The normalized spacial score (nSPS) is 27.1. The molecule has 6 aliphatic rings. The Morgan fingerprint density at radius 2 is 1.80 bits per heavy atom. The first kappa shape index (κ1) is 48.7. The maximum atomic E-state index is 15.0. The van der Waals surface area contributed by atoms with Gasteiger partial charge in [-0.25, -0.2) is 10.4 Å². The third-order valence-electron chi connectivity index (χ3n) is 15.9. The van der Waals surface area contributed by atoms with Crippen LogP contribution in [0.25, 0.3) is 33.4 Å². The molecule has 4 aromatic rings. The number of thiazole rings is 1. The summed E-state index contributed by atoms with van der Waals surface area (Å²) in [6.07, 6.45) is 4.12. The third kappa shape index (κ3) is 9.86. The van der Waals surface area contributed by atoms with Crippen molar-refractivity contribution in [1.82, 2.24) is 45.0 Å². The molecule has 6 atom stereocenters. The highest BCUT2D eigenvalue weighted by molar-refractivity contribution is 7.10. The van der Waals surface area contributed by atoms with Crippen molar-refractivity contribution >= 4 is 45.9 Å². The van der Waals surface area contributed by atoms with Gasteiger partial charge in [-0.15, -0.1) is 11.3 Å². The Morgan fingerprint density at radius 1 is 1.03 bits per heavy atom. The summed E-state index contributed by atoms with van der Waals surface area (Å²) in [6, 6.07) is 6.67. The Morgan fingerprint density at radius 3 is 2.54 bits per heavy atom. The number of likely N-dealkylation sites (tertiary alicyclic amines) is 2. The van der Waals surface area contributed by atoms with Gasteiger partial charge in [-0.3, -0.25) is 39.0 Å². The van der Waals surface area contributed by atoms with Crippen LogP contribution in [0, 0.1) is 16.7 Å². The highest BCUT2D eigenvalue weighted by Gasteiger charge is 2.51. The molecule has 376 valence electrons. The quantitative estimate of drug-likeness (QED) is 0.141. The van der Waals surface area contributed by atoms with Gasteiger partial charge >= 0.3 is 12.1 Å². The molecule has 14 nitrogen and oxygen atoms in total. The lowest BCUT2D eigenvalue weighted by atomic mass is 9.84. The number of hydrogen-bond donors (Lipinski definition) is 2. The van der Waals surface area contributed by atoms with Crippen LogP contribution < -0.4 is 10.7 Å². The number of benzene rings is 1. The molecule has 1 aromatic carbocycles. The molecule has 18 heteroatoms. The smallest absolute Gasteiger partial charge is 0.406 e. The van der Waals surface area contributed by atoms with Gasteiger partial charge in [0.1, 0.15) is 24.7 Å². The molecular weight excluding hydrogens is 920 g/mol. The zero-order chi connectivity index (χ0) is 49.3. The van der Waals surface area contributed by atoms with E-state index < -0.39 is 42.2 Å². The average Bonchev–Trinajstić information content (AvgIpc) is 3.97. The van der Waals surface area contributed by atoms with Crippen LogP contribution in [-0.4, -0.2) is 141 Å². The van der Waals surface area contributed by atoms with Crippen molar-refractivity contribution in [2.75, 3.05) is 52.9 Å². The summed E-state index contributed by atoms with van der Waals surface area (Å²) in [6.45, 7) is 10.6. The fraction of sp³-hybridized carbons (Fsp3) is 0.615. The van der Waals surface area contributed by atoms with E-state index in [0.29, 0.717) is 82.2 Å². The summed E-state index contributed by atoms with van der Waals surface area (Å²) in [7, 11) is 1.97. The van der Waals surface area contributed by atoms with E-state index in [4.69, 9.17) is 9.72 Å². The summed E-state index contributed by atoms with van der Waals surface area (Å²) in [4.78, 5) is 73.2. The van der Waals surface area contributed by atoms with Gasteiger partial charge < -0.3 is 19.5 Å². The molecule has 3 amide bonds. The van der Waals surface area contributed by atoms with Gasteiger partial charge in [-0.05, 0) is 100 Å². The zero-order valence-corrected chi connectivity index (χ0v) is 41.8. The maximum absolute atomic E-state index is 15.0. The van der Waals surface area contributed by atoms with Crippen molar-refractivity contribution < 1.29 is 37.1 Å². The number of pyridine rings is 1. The van der Waals surface area contributed by atoms with E-state index in [0.717, 1.165) is 58.2 Å². The number of nitrogens with one attached hydrogen (secondary N) is 2. The summed E-state index contributed by atoms with van der Waals surface area (Å²) in [5, 5.41) is 7.83. The van der Waals surface area contributed by atoms with Crippen LogP contribution in [-0.2, 0) is 43.3 Å². The molecule has 1 saturated carbocycles. The van der Waals surface area contributed by atoms with Gasteiger partial charge in [0.05, 0.1) is 34.7 Å². The molecule has 1 spiro atoms. The fourth-order valence-corrected chi connectivity index (χ4v) is 13.0. The van der Waals surface area contributed by atoms with E-state index in [1.807, 2.05) is 57.2 Å². The van der Waals surface area contributed by atoms with Crippen molar-refractivity contribution in [1.29, 1.82) is 0 Å². The summed E-state index contributed by atoms with van der Waals surface area (Å²) in [5.74, 6) is -0.875. The zero-order valence-electron chi connectivity index (χ0n) is 40.9. The molecule has 4 saturated heterocycles. The molecule has 70 heavy (non-hydrogen) atoms. The molecule has 5 aliphatic heterocycles. The first-order valence-electron chi connectivity index (χ1n) is 25.3. The van der Waals surface area contributed by atoms with E-state index >= 15 is 4.79 Å². The number of carbonyl (C=O) groups is 4. The number of halogens is 3. The van der Waals surface area contributed by atoms with Crippen molar-refractivity contribution in [2.24, 2.45) is 16.7 Å². The molecule has 5 fully saturated rings. The Kier molecular flexibility index (Phi) is 13.2. The Labute approximate surface area is 411 Å². The fourth-order valence-electron chi connectivity index (χ4n) is 12.2. The third-order valence-corrected chi connectivity index (χ3v) is 16.7. The predicted octanol–water partition coefficient (Wildman–Crippen LogP) is 6.96. The number of alkyl halides is 3. The van der Waals surface area contributed by atoms with Crippen LogP contribution in [0.2, 0.25) is 0 Å². The van der Waals surface area contributed by atoms with Crippen LogP contribution in [0.1, 0.15) is 101 Å². The standard InChI is InChI=1S/C52H66F3N9O5S/c1-31(2)43-34(12-8-18-56-43)45-36-24-50(3,4)30-69-49(68)37-13-9-19-64(59-37)47(66)38(23-42-57-39(26-70-42)33-14-15-40(35(36)22-33)63(45)29-52(53,54)55)58-46(65)44(32-10-6-7-11-32)61-20-16-51(27-61)17-21-62(28-51)48(67)41-25-60(41)5/h8,12,14-15,18,22,26,31-32,37-38,41,44,59H,6-7,9-11,13,16-17,19-21,23-25,27-30H2,1-5H3,(H,58,65)/t37-,38-,41+,44-,51-,60?/m0/s1. The lowest BCUT2D eigenvalue weighted by molar-refractivity contribution is -0.155. The SMILES string of the molecule is CC(C)c1ncccc1-c1c2c3cc(ccc3n1CC(F)(F)F)-c1csc(n1)C[C@H](NC(=O)[C@H](C1CCCC1)N1CC[C@]3(CCN(C(=O)[C@H]4CN4C)C3)C1)C(=O)N1CCC[C@H](N1)C(=O)OCC(C)(C)C2. The average molecular weight is 986 g/mol. The molecule has 6 bridgehead atoms. The molecule has 2 N–H and O–H groups in total. The van der Waals surface area contributed by atoms with E-state index in [9.17, 15) is 27.6 Å². The Balaban J connectivity index is 1.00. The van der Waals surface area contributed by atoms with Crippen LogP contribution >= 0.6 is 11.3 Å². The predicted molar refractivity (Wildman–Crippen MR) is 260 cm³/mol. The van der Waals surface area contributed by atoms with Gasteiger partial charge in [0, 0.05) is 83.6 Å². The minimum Gasteiger partial charge on any atom is -0.464 e. The minimum atomic E-state index is -4.54. The van der Waals surface area contributed by atoms with Crippen molar-refractivity contribution in [3.8, 4) is 22.5 Å². The van der Waals surface area contributed by atoms with Crippen molar-refractivity contribution in [2.45, 2.75) is 135 Å². The first-order chi connectivity index (χ1) is 33.4. The second-order valence-corrected chi connectivity index (χ2v) is 23.1. The molecule has 3 aromatic heterocycles. The van der Waals surface area contributed by atoms with Gasteiger partial charge in [0.15, 0.2) is 0 Å². The second-order valence-electron chi connectivity index (χ2n) is 22.2. The molecule has 1 aliphatic carbocycles. The van der Waals surface area contributed by atoms with E-state index in [2.05, 4.69) is 25.5 Å². The van der Waals surface area contributed by atoms with Crippen LogP contribution in [0.15, 0.2) is 41.9 Å².